The summed E-state index contributed by atoms with van der Waals surface area (Å²) < 4.78 is 4.83. The molecule has 0 aliphatic carbocycles. The molecule has 0 bridgehead atoms. The number of carbonyl (C=O) groups excluding carboxylic acids is 1. The summed E-state index contributed by atoms with van der Waals surface area (Å²) in [5.74, 6) is 0.748. The van der Waals surface area contributed by atoms with E-state index in [9.17, 15) is 4.79 Å². The highest BCUT2D eigenvalue weighted by molar-refractivity contribution is 6.02. The van der Waals surface area contributed by atoms with Gasteiger partial charge in [0.2, 0.25) is 5.76 Å². The van der Waals surface area contributed by atoms with E-state index in [1.807, 2.05) is 24.3 Å². The molecule has 0 saturated carbocycles. The molecule has 21 heavy (non-hydrogen) atoms. The highest BCUT2D eigenvalue weighted by Gasteiger charge is 2.16. The van der Waals surface area contributed by atoms with Gasteiger partial charge in [-0.15, -0.1) is 0 Å². The molecule has 1 saturated heterocycles. The first kappa shape index (κ1) is 13.7. The summed E-state index contributed by atoms with van der Waals surface area (Å²) in [5, 5.41) is 6.31. The molecule has 0 radical (unpaired) electrons. The Bertz CT molecular complexity index is 584. The Morgan fingerprint density at radius 2 is 1.95 bits per heavy atom. The second-order valence-corrected chi connectivity index (χ2v) is 5.55. The van der Waals surface area contributed by atoms with E-state index in [1.165, 1.54) is 24.7 Å². The Kier molecular flexibility index (Phi) is 3.90. The molecular formula is C16H19N3O2. The van der Waals surface area contributed by atoms with Gasteiger partial charge in [0.05, 0.1) is 6.20 Å². The van der Waals surface area contributed by atoms with Crippen molar-refractivity contribution in [1.29, 1.82) is 0 Å². The Labute approximate surface area is 123 Å². The average molecular weight is 285 g/mol. The van der Waals surface area contributed by atoms with Crippen LogP contribution in [-0.2, 0) is 0 Å². The lowest BCUT2D eigenvalue weighted by Crippen LogP contribution is -2.32. The molecule has 1 aliphatic heterocycles. The average Bonchev–Trinajstić information content (AvgIpc) is 3.03. The maximum absolute atomic E-state index is 11.8. The number of nitrogens with zero attached hydrogens (tertiary/aromatic N) is 2. The van der Waals surface area contributed by atoms with E-state index >= 15 is 0 Å². The van der Waals surface area contributed by atoms with E-state index in [-0.39, 0.29) is 11.7 Å². The number of carbonyl (C=O) groups is 1. The quantitative estimate of drug-likeness (QED) is 0.941. The maximum Gasteiger partial charge on any atom is 0.294 e. The number of aromatic nitrogens is 1. The summed E-state index contributed by atoms with van der Waals surface area (Å²) in [7, 11) is 0. The SMILES string of the molecule is CC1CCN(c2ccc(NC(=O)c3ccno3)cc2)CC1. The zero-order valence-corrected chi connectivity index (χ0v) is 12.1. The van der Waals surface area contributed by atoms with E-state index in [4.69, 9.17) is 4.52 Å². The van der Waals surface area contributed by atoms with E-state index in [0.29, 0.717) is 0 Å². The first-order valence-corrected chi connectivity index (χ1v) is 7.29. The van der Waals surface area contributed by atoms with Crippen molar-refractivity contribution in [3.05, 3.63) is 42.3 Å². The van der Waals surface area contributed by atoms with Crippen LogP contribution in [0.2, 0.25) is 0 Å². The van der Waals surface area contributed by atoms with Gasteiger partial charge in [0.25, 0.3) is 5.91 Å². The van der Waals surface area contributed by atoms with Crippen LogP contribution in [0.3, 0.4) is 0 Å². The normalized spacial score (nSPS) is 16.0. The summed E-state index contributed by atoms with van der Waals surface area (Å²) in [6.07, 6.45) is 3.93. The third kappa shape index (κ3) is 3.24. The number of benzene rings is 1. The van der Waals surface area contributed by atoms with Crippen molar-refractivity contribution >= 4 is 17.3 Å². The molecule has 0 atom stereocenters. The van der Waals surface area contributed by atoms with Crippen molar-refractivity contribution in [2.75, 3.05) is 23.3 Å². The van der Waals surface area contributed by atoms with Crippen LogP contribution in [-0.4, -0.2) is 24.2 Å². The lowest BCUT2D eigenvalue weighted by molar-refractivity contribution is 0.0988. The van der Waals surface area contributed by atoms with Crippen molar-refractivity contribution < 1.29 is 9.32 Å². The summed E-state index contributed by atoms with van der Waals surface area (Å²) in [5.41, 5.74) is 1.96. The monoisotopic (exact) mass is 285 g/mol. The molecule has 1 N–H and O–H groups in total. The Morgan fingerprint density at radius 3 is 2.57 bits per heavy atom. The summed E-state index contributed by atoms with van der Waals surface area (Å²) in [6, 6.07) is 9.47. The van der Waals surface area contributed by atoms with E-state index < -0.39 is 0 Å². The fourth-order valence-electron chi connectivity index (χ4n) is 2.55. The number of rotatable bonds is 3. The van der Waals surface area contributed by atoms with Gasteiger partial charge < -0.3 is 14.7 Å². The van der Waals surface area contributed by atoms with E-state index in [1.54, 1.807) is 6.07 Å². The third-order valence-corrected chi connectivity index (χ3v) is 3.94. The van der Waals surface area contributed by atoms with Gasteiger partial charge in [0, 0.05) is 30.5 Å². The largest absolute Gasteiger partial charge is 0.372 e. The molecule has 5 nitrogen and oxygen atoms in total. The molecule has 1 aliphatic rings. The number of anilines is 2. The molecule has 110 valence electrons. The van der Waals surface area contributed by atoms with Gasteiger partial charge in [0.1, 0.15) is 0 Å². The predicted molar refractivity (Wildman–Crippen MR) is 81.5 cm³/mol. The van der Waals surface area contributed by atoms with E-state index in [0.717, 1.165) is 24.7 Å². The Balaban J connectivity index is 1.63. The highest BCUT2D eigenvalue weighted by atomic mass is 16.5. The molecule has 0 unspecified atom stereocenters. The molecular weight excluding hydrogens is 266 g/mol. The number of hydrogen-bond donors (Lipinski definition) is 1. The minimum atomic E-state index is -0.285. The molecule has 1 aromatic carbocycles. The lowest BCUT2D eigenvalue weighted by atomic mass is 9.99. The number of hydrogen-bond acceptors (Lipinski definition) is 4. The number of piperidine rings is 1. The van der Waals surface area contributed by atoms with Crippen molar-refractivity contribution in [2.45, 2.75) is 19.8 Å². The van der Waals surface area contributed by atoms with Crippen LogP contribution in [0.1, 0.15) is 30.3 Å². The molecule has 5 heteroatoms. The van der Waals surface area contributed by atoms with Gasteiger partial charge >= 0.3 is 0 Å². The predicted octanol–water partition coefficient (Wildman–Crippen LogP) is 3.16. The molecule has 1 aromatic heterocycles. The lowest BCUT2D eigenvalue weighted by Gasteiger charge is -2.32. The van der Waals surface area contributed by atoms with Crippen LogP contribution in [0, 0.1) is 5.92 Å². The van der Waals surface area contributed by atoms with Crippen LogP contribution < -0.4 is 10.2 Å². The first-order valence-electron chi connectivity index (χ1n) is 7.29. The molecule has 3 rings (SSSR count). The van der Waals surface area contributed by atoms with Crippen molar-refractivity contribution in [2.24, 2.45) is 5.92 Å². The Hall–Kier alpha value is -2.30. The zero-order chi connectivity index (χ0) is 14.7. The molecule has 0 spiro atoms. The summed E-state index contributed by atoms with van der Waals surface area (Å²) in [4.78, 5) is 14.2. The van der Waals surface area contributed by atoms with E-state index in [2.05, 4.69) is 22.3 Å². The minimum absolute atomic E-state index is 0.212. The van der Waals surface area contributed by atoms with Gasteiger partial charge in [-0.2, -0.15) is 0 Å². The van der Waals surface area contributed by atoms with Gasteiger partial charge in [-0.05, 0) is 43.0 Å². The molecule has 1 fully saturated rings. The summed E-state index contributed by atoms with van der Waals surface area (Å²) in [6.45, 7) is 4.51. The van der Waals surface area contributed by atoms with Crippen LogP contribution >= 0.6 is 0 Å². The first-order chi connectivity index (χ1) is 10.2. The molecule has 2 aromatic rings. The maximum atomic E-state index is 11.8. The topological polar surface area (TPSA) is 58.4 Å². The number of nitrogens with one attached hydrogen (secondary N) is 1. The third-order valence-electron chi connectivity index (χ3n) is 3.94. The molecule has 1 amide bonds. The van der Waals surface area contributed by atoms with Crippen LogP contribution in [0.25, 0.3) is 0 Å². The number of amides is 1. The smallest absolute Gasteiger partial charge is 0.294 e. The van der Waals surface area contributed by atoms with Gasteiger partial charge in [0.15, 0.2) is 0 Å². The van der Waals surface area contributed by atoms with Gasteiger partial charge in [-0.25, -0.2) is 0 Å². The van der Waals surface area contributed by atoms with Crippen molar-refractivity contribution in [3.63, 3.8) is 0 Å². The van der Waals surface area contributed by atoms with Crippen molar-refractivity contribution in [3.8, 4) is 0 Å². The fourth-order valence-corrected chi connectivity index (χ4v) is 2.55. The molecule has 2 heterocycles. The van der Waals surface area contributed by atoms with Crippen LogP contribution in [0.5, 0.6) is 0 Å². The summed E-state index contributed by atoms with van der Waals surface area (Å²) >= 11 is 0. The minimum Gasteiger partial charge on any atom is -0.372 e. The Morgan fingerprint density at radius 1 is 1.24 bits per heavy atom. The zero-order valence-electron chi connectivity index (χ0n) is 12.1. The van der Waals surface area contributed by atoms with Crippen molar-refractivity contribution in [1.82, 2.24) is 5.16 Å². The van der Waals surface area contributed by atoms with Gasteiger partial charge in [-0.1, -0.05) is 12.1 Å². The second-order valence-electron chi connectivity index (χ2n) is 5.55. The van der Waals surface area contributed by atoms with Crippen LogP contribution in [0.15, 0.2) is 41.1 Å². The van der Waals surface area contributed by atoms with Gasteiger partial charge in [-0.3, -0.25) is 4.79 Å². The highest BCUT2D eigenvalue weighted by Crippen LogP contribution is 2.24. The fraction of sp³-hybridized carbons (Fsp3) is 0.375. The van der Waals surface area contributed by atoms with Crippen LogP contribution in [0.4, 0.5) is 11.4 Å². The second kappa shape index (κ2) is 5.99. The standard InChI is InChI=1S/C16H19N3O2/c1-12-7-10-19(11-8-12)14-4-2-13(3-5-14)18-16(20)15-6-9-17-21-15/h2-6,9,12H,7-8,10-11H2,1H3,(H,18,20).